The zero-order chi connectivity index (χ0) is 12.0. The summed E-state index contributed by atoms with van der Waals surface area (Å²) in [4.78, 5) is 3.88. The Morgan fingerprint density at radius 1 is 1.56 bits per heavy atom. The van der Waals surface area contributed by atoms with Crippen molar-refractivity contribution in [2.24, 2.45) is 0 Å². The molecule has 0 spiro atoms. The lowest BCUT2D eigenvalue weighted by Crippen LogP contribution is -2.45. The molecule has 0 fully saturated rings. The SMILES string of the molecule is CC(C)NC(C)(C#N)CCCn1cncn1. The Morgan fingerprint density at radius 3 is 2.81 bits per heavy atom. The van der Waals surface area contributed by atoms with Crippen molar-refractivity contribution in [3.8, 4) is 6.07 Å². The summed E-state index contributed by atoms with van der Waals surface area (Å²) in [5.74, 6) is 0. The largest absolute Gasteiger partial charge is 0.297 e. The minimum Gasteiger partial charge on any atom is -0.297 e. The smallest absolute Gasteiger partial charge is 0.137 e. The van der Waals surface area contributed by atoms with Crippen LogP contribution in [0, 0.1) is 11.3 Å². The van der Waals surface area contributed by atoms with Crippen LogP contribution in [-0.4, -0.2) is 26.3 Å². The van der Waals surface area contributed by atoms with E-state index in [0.29, 0.717) is 6.04 Å². The van der Waals surface area contributed by atoms with Crippen LogP contribution in [0.25, 0.3) is 0 Å². The molecule has 1 N–H and O–H groups in total. The maximum Gasteiger partial charge on any atom is 0.137 e. The third-order valence-corrected chi connectivity index (χ3v) is 2.38. The van der Waals surface area contributed by atoms with Gasteiger partial charge in [0.25, 0.3) is 0 Å². The van der Waals surface area contributed by atoms with E-state index in [1.54, 1.807) is 11.0 Å². The van der Waals surface area contributed by atoms with Gasteiger partial charge in [-0.2, -0.15) is 10.4 Å². The van der Waals surface area contributed by atoms with E-state index in [2.05, 4.69) is 21.5 Å². The number of nitriles is 1. The van der Waals surface area contributed by atoms with Crippen LogP contribution >= 0.6 is 0 Å². The molecule has 5 nitrogen and oxygen atoms in total. The highest BCUT2D eigenvalue weighted by Gasteiger charge is 2.23. The summed E-state index contributed by atoms with van der Waals surface area (Å²) in [6.45, 7) is 6.84. The van der Waals surface area contributed by atoms with Crippen molar-refractivity contribution in [2.45, 2.75) is 51.7 Å². The maximum atomic E-state index is 9.14. The van der Waals surface area contributed by atoms with Crippen LogP contribution in [-0.2, 0) is 6.54 Å². The van der Waals surface area contributed by atoms with Crippen LogP contribution in [0.2, 0.25) is 0 Å². The molecule has 0 radical (unpaired) electrons. The van der Waals surface area contributed by atoms with Gasteiger partial charge in [0.1, 0.15) is 18.2 Å². The van der Waals surface area contributed by atoms with Crippen molar-refractivity contribution >= 4 is 0 Å². The number of nitrogens with one attached hydrogen (secondary N) is 1. The van der Waals surface area contributed by atoms with Gasteiger partial charge in [-0.15, -0.1) is 0 Å². The summed E-state index contributed by atoms with van der Waals surface area (Å²) in [5.41, 5.74) is -0.450. The Balaban J connectivity index is 2.37. The van der Waals surface area contributed by atoms with E-state index in [4.69, 9.17) is 5.26 Å². The van der Waals surface area contributed by atoms with Gasteiger partial charge >= 0.3 is 0 Å². The third kappa shape index (κ3) is 3.99. The van der Waals surface area contributed by atoms with Gasteiger partial charge in [0.2, 0.25) is 0 Å². The molecular weight excluding hydrogens is 202 g/mol. The fourth-order valence-corrected chi connectivity index (χ4v) is 1.74. The van der Waals surface area contributed by atoms with Gasteiger partial charge in [-0.25, -0.2) is 4.98 Å². The monoisotopic (exact) mass is 221 g/mol. The van der Waals surface area contributed by atoms with E-state index >= 15 is 0 Å². The second kappa shape index (κ2) is 5.61. The number of hydrogen-bond donors (Lipinski definition) is 1. The molecule has 1 atom stereocenters. The molecule has 0 aliphatic rings. The summed E-state index contributed by atoms with van der Waals surface area (Å²) >= 11 is 0. The number of rotatable bonds is 6. The lowest BCUT2D eigenvalue weighted by Gasteiger charge is -2.25. The van der Waals surface area contributed by atoms with Gasteiger partial charge in [-0.05, 0) is 33.6 Å². The summed E-state index contributed by atoms with van der Waals surface area (Å²) in [7, 11) is 0. The van der Waals surface area contributed by atoms with Crippen molar-refractivity contribution in [1.29, 1.82) is 5.26 Å². The molecule has 0 aromatic carbocycles. The van der Waals surface area contributed by atoms with Gasteiger partial charge in [-0.1, -0.05) is 0 Å². The molecule has 0 aliphatic heterocycles. The Labute approximate surface area is 96.5 Å². The average Bonchev–Trinajstić information content (AvgIpc) is 2.69. The fraction of sp³-hybridized carbons (Fsp3) is 0.727. The Kier molecular flexibility index (Phi) is 4.44. The van der Waals surface area contributed by atoms with Crippen LogP contribution in [0.3, 0.4) is 0 Å². The van der Waals surface area contributed by atoms with Gasteiger partial charge in [-0.3, -0.25) is 10.00 Å². The highest BCUT2D eigenvalue weighted by molar-refractivity contribution is 5.04. The van der Waals surface area contributed by atoms with Crippen LogP contribution < -0.4 is 5.32 Å². The Morgan fingerprint density at radius 2 is 2.31 bits per heavy atom. The minimum atomic E-state index is -0.450. The highest BCUT2D eigenvalue weighted by atomic mass is 15.3. The van der Waals surface area contributed by atoms with Crippen molar-refractivity contribution < 1.29 is 0 Å². The molecule has 0 saturated heterocycles. The summed E-state index contributed by atoms with van der Waals surface area (Å²) in [6, 6.07) is 2.65. The quantitative estimate of drug-likeness (QED) is 0.787. The second-order valence-corrected chi connectivity index (χ2v) is 4.51. The Hall–Kier alpha value is -1.41. The number of nitrogens with zero attached hydrogens (tertiary/aromatic N) is 4. The van der Waals surface area contributed by atoms with E-state index < -0.39 is 5.54 Å². The minimum absolute atomic E-state index is 0.316. The summed E-state index contributed by atoms with van der Waals surface area (Å²) in [5, 5.41) is 16.4. The lowest BCUT2D eigenvalue weighted by molar-refractivity contribution is 0.361. The molecule has 1 unspecified atom stereocenters. The van der Waals surface area contributed by atoms with E-state index in [9.17, 15) is 0 Å². The standard InChI is InChI=1S/C11H19N5/c1-10(2)15-11(3,7-12)5-4-6-16-9-13-8-14-16/h8-10,15H,4-6H2,1-3H3. The van der Waals surface area contributed by atoms with Gasteiger partial charge in [0.05, 0.1) is 6.07 Å². The van der Waals surface area contributed by atoms with E-state index in [0.717, 1.165) is 19.4 Å². The predicted molar refractivity (Wildman–Crippen MR) is 61.5 cm³/mol. The maximum absolute atomic E-state index is 9.14. The van der Waals surface area contributed by atoms with Gasteiger partial charge < -0.3 is 0 Å². The molecule has 1 heterocycles. The van der Waals surface area contributed by atoms with Gasteiger partial charge in [0, 0.05) is 12.6 Å². The van der Waals surface area contributed by atoms with Crippen LogP contribution in [0.1, 0.15) is 33.6 Å². The fourth-order valence-electron chi connectivity index (χ4n) is 1.74. The Bertz CT molecular complexity index is 338. The molecule has 1 aromatic heterocycles. The molecule has 1 rings (SSSR count). The zero-order valence-corrected chi connectivity index (χ0v) is 10.1. The number of aryl methyl sites for hydroxylation is 1. The number of hydrogen-bond acceptors (Lipinski definition) is 4. The molecule has 0 bridgehead atoms. The molecule has 0 aliphatic carbocycles. The van der Waals surface area contributed by atoms with Crippen molar-refractivity contribution in [2.75, 3.05) is 0 Å². The van der Waals surface area contributed by atoms with Crippen LogP contribution in [0.5, 0.6) is 0 Å². The first-order valence-electron chi connectivity index (χ1n) is 5.57. The van der Waals surface area contributed by atoms with Crippen molar-refractivity contribution in [3.63, 3.8) is 0 Å². The molecule has 1 aromatic rings. The molecule has 5 heteroatoms. The first-order valence-corrected chi connectivity index (χ1v) is 5.57. The lowest BCUT2D eigenvalue weighted by atomic mass is 9.96. The first kappa shape index (κ1) is 12.7. The van der Waals surface area contributed by atoms with E-state index in [1.807, 2.05) is 20.8 Å². The van der Waals surface area contributed by atoms with Gasteiger partial charge in [0.15, 0.2) is 0 Å². The molecular formula is C11H19N5. The molecule has 88 valence electrons. The predicted octanol–water partition coefficient (Wildman–Crippen LogP) is 1.34. The van der Waals surface area contributed by atoms with E-state index in [-0.39, 0.29) is 0 Å². The second-order valence-electron chi connectivity index (χ2n) is 4.51. The van der Waals surface area contributed by atoms with Crippen LogP contribution in [0.4, 0.5) is 0 Å². The molecule has 0 saturated carbocycles. The van der Waals surface area contributed by atoms with Crippen LogP contribution in [0.15, 0.2) is 12.7 Å². The third-order valence-electron chi connectivity index (χ3n) is 2.38. The van der Waals surface area contributed by atoms with E-state index in [1.165, 1.54) is 6.33 Å². The summed E-state index contributed by atoms with van der Waals surface area (Å²) in [6.07, 6.45) is 4.93. The number of aromatic nitrogens is 3. The summed E-state index contributed by atoms with van der Waals surface area (Å²) < 4.78 is 1.78. The molecule has 16 heavy (non-hydrogen) atoms. The first-order chi connectivity index (χ1) is 7.56. The van der Waals surface area contributed by atoms with Crippen molar-refractivity contribution in [3.05, 3.63) is 12.7 Å². The van der Waals surface area contributed by atoms with Crippen molar-refractivity contribution in [1.82, 2.24) is 20.1 Å². The topological polar surface area (TPSA) is 66.5 Å². The normalized spacial score (nSPS) is 14.7. The highest BCUT2D eigenvalue weighted by Crippen LogP contribution is 2.12. The molecule has 0 amide bonds. The zero-order valence-electron chi connectivity index (χ0n) is 10.1. The average molecular weight is 221 g/mol.